The van der Waals surface area contributed by atoms with E-state index in [0.29, 0.717) is 19.0 Å². The zero-order valence-electron chi connectivity index (χ0n) is 13.6. The lowest BCUT2D eigenvalue weighted by Gasteiger charge is -2.32. The molecule has 24 heavy (non-hydrogen) atoms. The van der Waals surface area contributed by atoms with Crippen molar-refractivity contribution in [2.45, 2.75) is 31.4 Å². The summed E-state index contributed by atoms with van der Waals surface area (Å²) in [4.78, 5) is 2.33. The highest BCUT2D eigenvalue weighted by atomic mass is 16.3. The average molecular weight is 326 g/mol. The fourth-order valence-electron chi connectivity index (χ4n) is 3.49. The molecule has 126 valence electrons. The summed E-state index contributed by atoms with van der Waals surface area (Å²) in [7, 11) is 0. The minimum absolute atomic E-state index is 0.393. The largest absolute Gasteiger partial charge is 0.390 e. The Bertz CT molecular complexity index is 775. The maximum Gasteiger partial charge on any atom is 0.160 e. The van der Waals surface area contributed by atoms with Gasteiger partial charge in [0.1, 0.15) is 5.82 Å². The van der Waals surface area contributed by atoms with Crippen molar-refractivity contribution < 1.29 is 5.11 Å². The molecule has 7 nitrogen and oxygen atoms in total. The zero-order chi connectivity index (χ0) is 16.4. The van der Waals surface area contributed by atoms with E-state index in [0.717, 1.165) is 37.4 Å². The van der Waals surface area contributed by atoms with Crippen LogP contribution in [0.4, 0.5) is 0 Å². The van der Waals surface area contributed by atoms with Crippen LogP contribution in [0.25, 0.3) is 5.65 Å². The van der Waals surface area contributed by atoms with E-state index in [1.165, 1.54) is 0 Å². The van der Waals surface area contributed by atoms with Gasteiger partial charge in [-0.1, -0.05) is 6.07 Å². The van der Waals surface area contributed by atoms with Crippen LogP contribution in [0.1, 0.15) is 24.6 Å². The zero-order valence-corrected chi connectivity index (χ0v) is 13.6. The Labute approximate surface area is 140 Å². The Morgan fingerprint density at radius 2 is 1.96 bits per heavy atom. The van der Waals surface area contributed by atoms with E-state index in [4.69, 9.17) is 0 Å². The number of hydrogen-bond acceptors (Lipinski definition) is 5. The first-order valence-electron chi connectivity index (χ1n) is 8.47. The minimum Gasteiger partial charge on any atom is -0.390 e. The van der Waals surface area contributed by atoms with Crippen molar-refractivity contribution in [1.29, 1.82) is 0 Å². The number of β-amino-alcohol motifs (C(OH)–C–C–N with tert-alkyl or cyclic N) is 1. The summed E-state index contributed by atoms with van der Waals surface area (Å²) in [5, 5.41) is 23.0. The summed E-state index contributed by atoms with van der Waals surface area (Å²) < 4.78 is 3.87. The van der Waals surface area contributed by atoms with E-state index < -0.39 is 6.10 Å². The third-order valence-electron chi connectivity index (χ3n) is 4.72. The molecule has 0 spiro atoms. The van der Waals surface area contributed by atoms with Crippen molar-refractivity contribution in [2.24, 2.45) is 0 Å². The van der Waals surface area contributed by atoms with E-state index in [1.807, 2.05) is 36.7 Å². The molecule has 1 N–H and O–H groups in total. The molecule has 3 aromatic rings. The number of likely N-dealkylation sites (tertiary alicyclic amines) is 1. The van der Waals surface area contributed by atoms with Crippen molar-refractivity contribution in [3.8, 4) is 0 Å². The number of fused-ring (bicyclic) bond motifs is 1. The minimum atomic E-state index is -0.393. The number of nitrogens with zero attached hydrogens (tertiary/aromatic N) is 6. The molecule has 0 aromatic carbocycles. The lowest BCUT2D eigenvalue weighted by Crippen LogP contribution is -2.40. The quantitative estimate of drug-likeness (QED) is 0.762. The van der Waals surface area contributed by atoms with Gasteiger partial charge in [-0.05, 0) is 44.1 Å². The third kappa shape index (κ3) is 3.18. The van der Waals surface area contributed by atoms with E-state index in [9.17, 15) is 5.11 Å². The van der Waals surface area contributed by atoms with Crippen molar-refractivity contribution in [3.63, 3.8) is 0 Å². The molecule has 0 unspecified atom stereocenters. The summed E-state index contributed by atoms with van der Waals surface area (Å²) in [5.74, 6) is 1.49. The van der Waals surface area contributed by atoms with Crippen molar-refractivity contribution in [2.75, 3.05) is 19.6 Å². The van der Waals surface area contributed by atoms with Gasteiger partial charge in [0.15, 0.2) is 5.65 Å². The highest BCUT2D eigenvalue weighted by molar-refractivity contribution is 5.37. The van der Waals surface area contributed by atoms with E-state index in [1.54, 1.807) is 10.9 Å². The van der Waals surface area contributed by atoms with Crippen LogP contribution in [-0.2, 0) is 6.54 Å². The topological polar surface area (TPSA) is 71.5 Å². The smallest absolute Gasteiger partial charge is 0.160 e. The van der Waals surface area contributed by atoms with Crippen LogP contribution in [0.5, 0.6) is 0 Å². The van der Waals surface area contributed by atoms with Gasteiger partial charge in [0.2, 0.25) is 0 Å². The molecule has 4 heterocycles. The summed E-state index contributed by atoms with van der Waals surface area (Å²) in [6.07, 6.45) is 7.35. The van der Waals surface area contributed by atoms with Gasteiger partial charge in [0, 0.05) is 31.1 Å². The summed E-state index contributed by atoms with van der Waals surface area (Å²) >= 11 is 0. The molecule has 0 saturated carbocycles. The number of hydrogen-bond donors (Lipinski definition) is 1. The number of rotatable bonds is 5. The molecule has 1 fully saturated rings. The molecular weight excluding hydrogens is 304 g/mol. The number of aromatic nitrogens is 5. The standard InChI is InChI=1S/C17H22N6O/c24-15(13-22-8-3-7-18-22)12-21-10-5-14(6-11-21)17-20-19-16-4-1-2-9-23(16)17/h1-4,7-9,14-15,24H,5-6,10-13H2/t15-/m0/s1. The second-order valence-electron chi connectivity index (χ2n) is 6.44. The van der Waals surface area contributed by atoms with E-state index >= 15 is 0 Å². The van der Waals surface area contributed by atoms with Crippen LogP contribution in [0.3, 0.4) is 0 Å². The van der Waals surface area contributed by atoms with Gasteiger partial charge in [0.25, 0.3) is 0 Å². The normalized spacial score (nSPS) is 18.2. The van der Waals surface area contributed by atoms with Crippen molar-refractivity contribution >= 4 is 5.65 Å². The Balaban J connectivity index is 1.33. The van der Waals surface area contributed by atoms with Crippen molar-refractivity contribution in [1.82, 2.24) is 29.3 Å². The van der Waals surface area contributed by atoms with Crippen LogP contribution >= 0.6 is 0 Å². The van der Waals surface area contributed by atoms with Crippen LogP contribution in [0, 0.1) is 0 Å². The molecule has 1 saturated heterocycles. The number of aliphatic hydroxyl groups excluding tert-OH is 1. The van der Waals surface area contributed by atoms with Crippen LogP contribution in [0.2, 0.25) is 0 Å². The van der Waals surface area contributed by atoms with Gasteiger partial charge in [-0.15, -0.1) is 10.2 Å². The highest BCUT2D eigenvalue weighted by Gasteiger charge is 2.25. The second kappa shape index (κ2) is 6.70. The van der Waals surface area contributed by atoms with Gasteiger partial charge in [-0.25, -0.2) is 0 Å². The Kier molecular flexibility index (Phi) is 4.27. The molecule has 0 radical (unpaired) electrons. The molecule has 1 aliphatic rings. The molecule has 0 amide bonds. The predicted molar refractivity (Wildman–Crippen MR) is 89.6 cm³/mol. The molecule has 0 bridgehead atoms. The maximum atomic E-state index is 10.2. The molecular formula is C17H22N6O. The highest BCUT2D eigenvalue weighted by Crippen LogP contribution is 2.27. The van der Waals surface area contributed by atoms with E-state index in [2.05, 4.69) is 24.6 Å². The lowest BCUT2D eigenvalue weighted by atomic mass is 9.96. The van der Waals surface area contributed by atoms with Gasteiger partial charge in [0.05, 0.1) is 12.6 Å². The number of aliphatic hydroxyl groups is 1. The first-order chi connectivity index (χ1) is 11.8. The van der Waals surface area contributed by atoms with Crippen LogP contribution < -0.4 is 0 Å². The maximum absolute atomic E-state index is 10.2. The second-order valence-corrected chi connectivity index (χ2v) is 6.44. The predicted octanol–water partition coefficient (Wildman–Crippen LogP) is 1.17. The van der Waals surface area contributed by atoms with Crippen LogP contribution in [-0.4, -0.2) is 60.1 Å². The average Bonchev–Trinajstić information content (AvgIpc) is 3.25. The van der Waals surface area contributed by atoms with Crippen molar-refractivity contribution in [3.05, 3.63) is 48.7 Å². The summed E-state index contributed by atoms with van der Waals surface area (Å²) in [6, 6.07) is 7.86. The van der Waals surface area contributed by atoms with Gasteiger partial charge in [-0.3, -0.25) is 9.08 Å². The number of pyridine rings is 1. The fourth-order valence-corrected chi connectivity index (χ4v) is 3.49. The Morgan fingerprint density at radius 3 is 2.75 bits per heavy atom. The SMILES string of the molecule is O[C@@H](CN1CCC(c2nnc3ccccn23)CC1)Cn1cccn1. The molecule has 0 aliphatic carbocycles. The van der Waals surface area contributed by atoms with Gasteiger partial charge < -0.3 is 10.0 Å². The van der Waals surface area contributed by atoms with Gasteiger partial charge >= 0.3 is 0 Å². The molecule has 4 rings (SSSR count). The molecule has 1 aliphatic heterocycles. The van der Waals surface area contributed by atoms with Crippen LogP contribution in [0.15, 0.2) is 42.9 Å². The summed E-state index contributed by atoms with van der Waals surface area (Å²) in [6.45, 7) is 3.18. The molecule has 7 heteroatoms. The Morgan fingerprint density at radius 1 is 1.08 bits per heavy atom. The van der Waals surface area contributed by atoms with E-state index in [-0.39, 0.29) is 0 Å². The Hall–Kier alpha value is -2.25. The first kappa shape index (κ1) is 15.3. The first-order valence-corrected chi connectivity index (χ1v) is 8.47. The lowest BCUT2D eigenvalue weighted by molar-refractivity contribution is 0.0817. The number of piperidine rings is 1. The fraction of sp³-hybridized carbons (Fsp3) is 0.471. The molecule has 1 atom stereocenters. The third-order valence-corrected chi connectivity index (χ3v) is 4.72. The summed E-state index contributed by atoms with van der Waals surface area (Å²) in [5.41, 5.74) is 0.907. The molecule has 3 aromatic heterocycles. The monoisotopic (exact) mass is 326 g/mol. The van der Waals surface area contributed by atoms with Gasteiger partial charge in [-0.2, -0.15) is 5.10 Å².